The predicted octanol–water partition coefficient (Wildman–Crippen LogP) is -12.5. The average Bonchev–Trinajstić information content (AvgIpc) is 1.19. The van der Waals surface area contributed by atoms with Crippen LogP contribution in [0.2, 0.25) is 0 Å². The van der Waals surface area contributed by atoms with Crippen molar-refractivity contribution in [3.63, 3.8) is 0 Å². The van der Waals surface area contributed by atoms with Crippen LogP contribution >= 0.6 is 16.1 Å². The van der Waals surface area contributed by atoms with Crippen molar-refractivity contribution in [2.45, 2.75) is 0 Å². The van der Waals surface area contributed by atoms with Crippen molar-refractivity contribution in [3.8, 4) is 0 Å². The normalized spacial score (nSPS) is 7.83. The van der Waals surface area contributed by atoms with Gasteiger partial charge in [-0.2, -0.15) is 7.82 Å². The summed E-state index contributed by atoms with van der Waals surface area (Å²) in [6.45, 7) is 0. The summed E-state index contributed by atoms with van der Waals surface area (Å²) in [5.74, 6) is 0. The van der Waals surface area contributed by atoms with Crippen molar-refractivity contribution < 1.29 is 122 Å². The van der Waals surface area contributed by atoms with Gasteiger partial charge in [-0.25, -0.2) is 0 Å². The fourth-order valence-corrected chi connectivity index (χ4v) is 0. The molecule has 0 aliphatic carbocycles. The SMILES string of the molecule is O=P([O-])([O-])[O-].O=[PH](O)O.[Na+].[Na+].[Na+]. The van der Waals surface area contributed by atoms with Crippen LogP contribution in [0.15, 0.2) is 0 Å². The van der Waals surface area contributed by atoms with Gasteiger partial charge in [-0.3, -0.25) is 4.57 Å². The quantitative estimate of drug-likeness (QED) is 0.319. The molecule has 0 radical (unpaired) electrons. The molecule has 0 aliphatic rings. The van der Waals surface area contributed by atoms with E-state index in [1.165, 1.54) is 0 Å². The van der Waals surface area contributed by atoms with Crippen molar-refractivity contribution in [3.05, 3.63) is 0 Å². The van der Waals surface area contributed by atoms with E-state index in [9.17, 15) is 0 Å². The first-order valence-corrected chi connectivity index (χ1v) is 4.14. The van der Waals surface area contributed by atoms with Crippen molar-refractivity contribution in [1.82, 2.24) is 0 Å². The number of hydrogen-bond donors (Lipinski definition) is 2. The monoisotopic (exact) mass is 246 g/mol. The van der Waals surface area contributed by atoms with Gasteiger partial charge in [-0.05, 0) is 0 Å². The molecule has 0 saturated carbocycles. The average molecular weight is 246 g/mol. The minimum absolute atomic E-state index is 0. The molecule has 12 heteroatoms. The molecule has 0 aromatic carbocycles. The summed E-state index contributed by atoms with van der Waals surface area (Å²) in [6.07, 6.45) is 0. The van der Waals surface area contributed by atoms with E-state index >= 15 is 0 Å². The molecule has 12 heavy (non-hydrogen) atoms. The van der Waals surface area contributed by atoms with Crippen molar-refractivity contribution >= 4 is 16.1 Å². The molecule has 0 amide bonds. The predicted molar refractivity (Wildman–Crippen MR) is 21.0 cm³/mol. The maximum absolute atomic E-state index is 8.74. The van der Waals surface area contributed by atoms with Gasteiger partial charge in [0.1, 0.15) is 0 Å². The Morgan fingerprint density at radius 1 is 1.00 bits per heavy atom. The third-order valence-electron chi connectivity index (χ3n) is 0. The summed E-state index contributed by atoms with van der Waals surface area (Å²) in [6, 6.07) is 0. The first-order valence-electron chi connectivity index (χ1n) is 1.38. The molecule has 58 valence electrons. The zero-order chi connectivity index (χ0) is 8.08. The molecule has 0 aromatic rings. The smallest absolute Gasteiger partial charge is 0.822 e. The minimum atomic E-state index is -5.39. The third-order valence-corrected chi connectivity index (χ3v) is 0. The van der Waals surface area contributed by atoms with E-state index in [4.69, 9.17) is 33.6 Å². The largest absolute Gasteiger partial charge is 1.00 e. The van der Waals surface area contributed by atoms with Crippen LogP contribution in [0.1, 0.15) is 0 Å². The minimum Gasteiger partial charge on any atom is -0.822 e. The molecule has 0 bridgehead atoms. The Balaban J connectivity index is -0.0000000221. The Labute approximate surface area is 136 Å². The summed E-state index contributed by atoms with van der Waals surface area (Å²) >= 11 is 0. The van der Waals surface area contributed by atoms with Crippen LogP contribution in [-0.4, -0.2) is 9.79 Å². The van der Waals surface area contributed by atoms with Gasteiger partial charge in [-0.15, -0.1) is 0 Å². The summed E-state index contributed by atoms with van der Waals surface area (Å²) in [5, 5.41) is 0. The van der Waals surface area contributed by atoms with E-state index in [2.05, 4.69) is 0 Å². The van der Waals surface area contributed by atoms with Gasteiger partial charge >= 0.3 is 96.9 Å². The topological polar surface area (TPSA) is 144 Å². The maximum Gasteiger partial charge on any atom is 1.00 e. The van der Waals surface area contributed by atoms with Crippen LogP contribution in [-0.2, 0) is 9.13 Å². The molecule has 0 aromatic heterocycles. The number of hydrogen-bond acceptors (Lipinski definition) is 5. The second-order valence-electron chi connectivity index (χ2n) is 0.730. The van der Waals surface area contributed by atoms with Gasteiger partial charge in [0.15, 0.2) is 0 Å². The number of phosphoric acid groups is 1. The second kappa shape index (κ2) is 16.7. The van der Waals surface area contributed by atoms with Crippen molar-refractivity contribution in [1.29, 1.82) is 0 Å². The summed E-state index contributed by atoms with van der Waals surface area (Å²) in [7, 11) is -8.52. The Hall–Kier alpha value is 3.26. The van der Waals surface area contributed by atoms with Crippen molar-refractivity contribution in [2.75, 3.05) is 0 Å². The van der Waals surface area contributed by atoms with E-state index < -0.39 is 16.1 Å². The maximum atomic E-state index is 8.74. The molecule has 0 atom stereocenters. The molecule has 0 rings (SSSR count). The van der Waals surface area contributed by atoms with Crippen LogP contribution in [0.5, 0.6) is 0 Å². The van der Waals surface area contributed by atoms with Gasteiger partial charge in [0.05, 0.1) is 0 Å². The first kappa shape index (κ1) is 29.5. The Bertz CT molecular complexity index is 116. The standard InChI is InChI=1S/3Na.H3O4P.H3O3P/c;;;1-5(2,3)4;1-4(2)3/h;;;(H3,1,2,3,4);4H,(H2,1,2,3)/q3*+1;;/p-3. The van der Waals surface area contributed by atoms with Gasteiger partial charge in [0.2, 0.25) is 0 Å². The molecule has 0 unspecified atom stereocenters. The molecule has 0 fully saturated rings. The summed E-state index contributed by atoms with van der Waals surface area (Å²) in [5.41, 5.74) is 0. The van der Waals surface area contributed by atoms with E-state index in [1.54, 1.807) is 0 Å². The summed E-state index contributed by atoms with van der Waals surface area (Å²) in [4.78, 5) is 40.0. The summed E-state index contributed by atoms with van der Waals surface area (Å²) < 4.78 is 17.3. The van der Waals surface area contributed by atoms with Gasteiger partial charge in [-0.1, -0.05) is 0 Å². The van der Waals surface area contributed by atoms with Crippen LogP contribution in [0.25, 0.3) is 0 Å². The van der Waals surface area contributed by atoms with E-state index in [0.29, 0.717) is 0 Å². The van der Waals surface area contributed by atoms with E-state index in [0.717, 1.165) is 0 Å². The first-order chi connectivity index (χ1) is 3.73. The van der Waals surface area contributed by atoms with Crippen LogP contribution < -0.4 is 103 Å². The second-order valence-corrected chi connectivity index (χ2v) is 2.19. The molecular formula is H3Na3O7P2. The van der Waals surface area contributed by atoms with Gasteiger partial charge in [0, 0.05) is 0 Å². The molecular weight excluding hydrogens is 243 g/mol. The Morgan fingerprint density at radius 2 is 1.00 bits per heavy atom. The van der Waals surface area contributed by atoms with E-state index in [1.807, 2.05) is 0 Å². The molecule has 7 nitrogen and oxygen atoms in total. The van der Waals surface area contributed by atoms with Crippen LogP contribution in [0.3, 0.4) is 0 Å². The van der Waals surface area contributed by atoms with Gasteiger partial charge < -0.3 is 29.0 Å². The van der Waals surface area contributed by atoms with Crippen LogP contribution in [0, 0.1) is 0 Å². The molecule has 0 aliphatic heterocycles. The third kappa shape index (κ3) is 188. The number of rotatable bonds is 0. The molecule has 0 heterocycles. The van der Waals surface area contributed by atoms with E-state index in [-0.39, 0.29) is 88.7 Å². The van der Waals surface area contributed by atoms with Crippen LogP contribution in [0.4, 0.5) is 0 Å². The fraction of sp³-hybridized carbons (Fsp3) is 0. The molecule has 2 N–H and O–H groups in total. The van der Waals surface area contributed by atoms with Gasteiger partial charge in [0.25, 0.3) is 0 Å². The zero-order valence-electron chi connectivity index (χ0n) is 6.88. The molecule has 0 spiro atoms. The zero-order valence-corrected chi connectivity index (χ0v) is 14.8. The fourth-order valence-electron chi connectivity index (χ4n) is 0. The Kier molecular flexibility index (Phi) is 41.0. The van der Waals surface area contributed by atoms with Crippen molar-refractivity contribution in [2.24, 2.45) is 0 Å². The Morgan fingerprint density at radius 3 is 1.00 bits per heavy atom. The molecule has 0 saturated heterocycles.